The van der Waals surface area contributed by atoms with E-state index < -0.39 is 6.09 Å². The van der Waals surface area contributed by atoms with E-state index >= 15 is 0 Å². The maximum absolute atomic E-state index is 13.5. The zero-order chi connectivity index (χ0) is 23.4. The molecular formula is C23H25ClN6O3. The van der Waals surface area contributed by atoms with E-state index in [-0.39, 0.29) is 29.1 Å². The van der Waals surface area contributed by atoms with Gasteiger partial charge in [0, 0.05) is 25.7 Å². The number of hydrogen-bond acceptors (Lipinski definition) is 5. The van der Waals surface area contributed by atoms with E-state index in [4.69, 9.17) is 16.7 Å². The highest BCUT2D eigenvalue weighted by Gasteiger charge is 2.27. The normalized spacial score (nSPS) is 15.8. The van der Waals surface area contributed by atoms with E-state index in [0.717, 1.165) is 18.4 Å². The fraction of sp³-hybridized carbons (Fsp3) is 0.391. The van der Waals surface area contributed by atoms with Crippen molar-refractivity contribution < 1.29 is 9.90 Å². The van der Waals surface area contributed by atoms with E-state index in [1.54, 1.807) is 11.5 Å². The first-order valence-electron chi connectivity index (χ1n) is 10.8. The van der Waals surface area contributed by atoms with Crippen LogP contribution in [-0.2, 0) is 19.5 Å². The lowest BCUT2D eigenvalue weighted by atomic mass is 10.1. The van der Waals surface area contributed by atoms with Gasteiger partial charge in [0.2, 0.25) is 11.2 Å². The van der Waals surface area contributed by atoms with Gasteiger partial charge in [-0.1, -0.05) is 36.3 Å². The highest BCUT2D eigenvalue weighted by Crippen LogP contribution is 2.24. The standard InChI is InChI=1S/C23H25ClN6O3/c1-2-3-13-29-18-19(27-22(29)28-12-7-10-17(15-28)25-23(32)33)26-21(24)30(20(18)31)14-11-16-8-5-4-6-9-16/h4-6,8-9,17,25H,7,10-15H2,1H3,(H,32,33). The molecule has 3 aromatic rings. The SMILES string of the molecule is CC#CCn1c(N2CCCC(NC(=O)O)C2)nc2nc(Cl)n(CCc3ccccc3)c(=O)c21. The van der Waals surface area contributed by atoms with Gasteiger partial charge in [-0.3, -0.25) is 13.9 Å². The Hall–Kier alpha value is -3.51. The molecular weight excluding hydrogens is 444 g/mol. The number of amides is 1. The van der Waals surface area contributed by atoms with Crippen LogP contribution in [0.1, 0.15) is 25.3 Å². The second kappa shape index (κ2) is 9.96. The van der Waals surface area contributed by atoms with Gasteiger partial charge in [0.1, 0.15) is 0 Å². The van der Waals surface area contributed by atoms with Crippen LogP contribution in [0.5, 0.6) is 0 Å². The molecule has 1 aliphatic rings. The second-order valence-corrected chi connectivity index (χ2v) is 8.24. The van der Waals surface area contributed by atoms with Crippen LogP contribution in [0.25, 0.3) is 11.2 Å². The number of imidazole rings is 1. The molecule has 2 aromatic heterocycles. The lowest BCUT2D eigenvalue weighted by Gasteiger charge is -2.33. The van der Waals surface area contributed by atoms with Crippen molar-refractivity contribution in [3.8, 4) is 11.8 Å². The molecule has 0 radical (unpaired) electrons. The Labute approximate surface area is 196 Å². The van der Waals surface area contributed by atoms with E-state index in [2.05, 4.69) is 27.1 Å². The number of hydrogen-bond donors (Lipinski definition) is 2. The summed E-state index contributed by atoms with van der Waals surface area (Å²) in [4.78, 5) is 35.6. The first kappa shape index (κ1) is 22.7. The molecule has 3 heterocycles. The van der Waals surface area contributed by atoms with Crippen LogP contribution in [0.4, 0.5) is 10.7 Å². The third-order valence-electron chi connectivity index (χ3n) is 5.71. The van der Waals surface area contributed by atoms with Crippen molar-refractivity contribution >= 4 is 34.8 Å². The molecule has 1 aromatic carbocycles. The van der Waals surface area contributed by atoms with Crippen molar-refractivity contribution in [2.75, 3.05) is 18.0 Å². The lowest BCUT2D eigenvalue weighted by Crippen LogP contribution is -2.48. The molecule has 4 rings (SSSR count). The predicted molar refractivity (Wildman–Crippen MR) is 127 cm³/mol. The van der Waals surface area contributed by atoms with Crippen molar-refractivity contribution in [3.63, 3.8) is 0 Å². The summed E-state index contributed by atoms with van der Waals surface area (Å²) in [6.07, 6.45) is 1.12. The third kappa shape index (κ3) is 4.96. The number of carboxylic acid groups (broad SMARTS) is 1. The van der Waals surface area contributed by atoms with Gasteiger partial charge in [-0.2, -0.15) is 9.97 Å². The number of nitrogens with one attached hydrogen (secondary N) is 1. The van der Waals surface area contributed by atoms with Gasteiger partial charge in [0.15, 0.2) is 11.2 Å². The Kier molecular flexibility index (Phi) is 6.84. The molecule has 1 unspecified atom stereocenters. The topological polar surface area (TPSA) is 105 Å². The van der Waals surface area contributed by atoms with Crippen LogP contribution >= 0.6 is 11.6 Å². The molecule has 9 nitrogen and oxygen atoms in total. The lowest BCUT2D eigenvalue weighted by molar-refractivity contribution is 0.188. The van der Waals surface area contributed by atoms with Crippen molar-refractivity contribution in [3.05, 3.63) is 51.5 Å². The molecule has 1 amide bonds. The summed E-state index contributed by atoms with van der Waals surface area (Å²) >= 11 is 6.39. The largest absolute Gasteiger partial charge is 0.465 e. The number of aromatic nitrogens is 4. The van der Waals surface area contributed by atoms with Crippen LogP contribution in [0.3, 0.4) is 0 Å². The Bertz CT molecular complexity index is 1270. The number of rotatable bonds is 6. The Morgan fingerprint density at radius 3 is 2.79 bits per heavy atom. The summed E-state index contributed by atoms with van der Waals surface area (Å²) in [7, 11) is 0. The molecule has 0 bridgehead atoms. The number of nitrogens with zero attached hydrogens (tertiary/aromatic N) is 5. The number of piperidine rings is 1. The third-order valence-corrected chi connectivity index (χ3v) is 6.00. The molecule has 1 aliphatic heterocycles. The van der Waals surface area contributed by atoms with Gasteiger partial charge in [0.05, 0.1) is 6.54 Å². The molecule has 0 spiro atoms. The summed E-state index contributed by atoms with van der Waals surface area (Å²) < 4.78 is 3.23. The molecule has 33 heavy (non-hydrogen) atoms. The van der Waals surface area contributed by atoms with E-state index in [9.17, 15) is 9.59 Å². The van der Waals surface area contributed by atoms with Gasteiger partial charge in [-0.15, -0.1) is 5.92 Å². The van der Waals surface area contributed by atoms with Crippen LogP contribution in [0.15, 0.2) is 35.1 Å². The van der Waals surface area contributed by atoms with Gasteiger partial charge in [0.25, 0.3) is 5.56 Å². The van der Waals surface area contributed by atoms with Gasteiger partial charge >= 0.3 is 6.09 Å². The maximum Gasteiger partial charge on any atom is 0.404 e. The van der Waals surface area contributed by atoms with Crippen LogP contribution < -0.4 is 15.8 Å². The predicted octanol–water partition coefficient (Wildman–Crippen LogP) is 2.75. The number of benzene rings is 1. The quantitative estimate of drug-likeness (QED) is 0.425. The average molecular weight is 469 g/mol. The molecule has 2 N–H and O–H groups in total. The Morgan fingerprint density at radius 2 is 2.06 bits per heavy atom. The van der Waals surface area contributed by atoms with E-state index in [1.807, 2.05) is 35.2 Å². The summed E-state index contributed by atoms with van der Waals surface area (Å²) in [5, 5.41) is 11.7. The Balaban J connectivity index is 1.73. The summed E-state index contributed by atoms with van der Waals surface area (Å²) in [5.41, 5.74) is 1.44. The van der Waals surface area contributed by atoms with Gasteiger partial charge in [-0.25, -0.2) is 4.79 Å². The number of fused-ring (bicyclic) bond motifs is 1. The van der Waals surface area contributed by atoms with Gasteiger partial charge in [-0.05, 0) is 43.4 Å². The number of anilines is 1. The van der Waals surface area contributed by atoms with Crippen molar-refractivity contribution in [1.29, 1.82) is 0 Å². The van der Waals surface area contributed by atoms with Crippen molar-refractivity contribution in [2.45, 2.75) is 45.3 Å². The highest BCUT2D eigenvalue weighted by molar-refractivity contribution is 6.28. The van der Waals surface area contributed by atoms with E-state index in [0.29, 0.717) is 37.5 Å². The van der Waals surface area contributed by atoms with Crippen molar-refractivity contribution in [2.24, 2.45) is 0 Å². The molecule has 10 heteroatoms. The minimum absolute atomic E-state index is 0.0882. The van der Waals surface area contributed by atoms with Crippen molar-refractivity contribution in [1.82, 2.24) is 24.4 Å². The molecule has 1 atom stereocenters. The summed E-state index contributed by atoms with van der Waals surface area (Å²) in [6.45, 7) is 3.54. The zero-order valence-electron chi connectivity index (χ0n) is 18.3. The highest BCUT2D eigenvalue weighted by atomic mass is 35.5. The fourth-order valence-corrected chi connectivity index (χ4v) is 4.40. The summed E-state index contributed by atoms with van der Waals surface area (Å²) in [5.74, 6) is 6.43. The second-order valence-electron chi connectivity index (χ2n) is 7.90. The molecule has 0 saturated carbocycles. The monoisotopic (exact) mass is 468 g/mol. The number of carbonyl (C=O) groups is 1. The Morgan fingerprint density at radius 1 is 1.27 bits per heavy atom. The summed E-state index contributed by atoms with van der Waals surface area (Å²) in [6, 6.07) is 9.64. The molecule has 1 fully saturated rings. The fourth-order valence-electron chi connectivity index (χ4n) is 4.16. The van der Waals surface area contributed by atoms with Gasteiger partial charge < -0.3 is 15.3 Å². The smallest absolute Gasteiger partial charge is 0.404 e. The van der Waals surface area contributed by atoms with Crippen LogP contribution in [0, 0.1) is 11.8 Å². The maximum atomic E-state index is 13.5. The molecule has 172 valence electrons. The van der Waals surface area contributed by atoms with Crippen LogP contribution in [-0.4, -0.2) is 49.4 Å². The minimum atomic E-state index is -1.05. The first-order chi connectivity index (χ1) is 16.0. The zero-order valence-corrected chi connectivity index (χ0v) is 19.0. The average Bonchev–Trinajstić information content (AvgIpc) is 3.16. The minimum Gasteiger partial charge on any atom is -0.465 e. The number of halogens is 1. The number of aryl methyl sites for hydroxylation is 1. The molecule has 1 saturated heterocycles. The van der Waals surface area contributed by atoms with E-state index in [1.165, 1.54) is 4.57 Å². The first-order valence-corrected chi connectivity index (χ1v) is 11.2. The molecule has 0 aliphatic carbocycles. The van der Waals surface area contributed by atoms with Crippen LogP contribution in [0.2, 0.25) is 5.28 Å².